The number of hydrogen-bond donors (Lipinski definition) is 1. The van der Waals surface area contributed by atoms with Crippen molar-refractivity contribution in [2.75, 3.05) is 13.1 Å². The summed E-state index contributed by atoms with van der Waals surface area (Å²) in [6, 6.07) is 10.5. The van der Waals surface area contributed by atoms with Gasteiger partial charge in [-0.1, -0.05) is 37.3 Å². The van der Waals surface area contributed by atoms with E-state index in [1.165, 1.54) is 12.8 Å². The lowest BCUT2D eigenvalue weighted by molar-refractivity contribution is -0.127. The molecular formula is C26H34N4O3. The molecule has 2 aliphatic heterocycles. The van der Waals surface area contributed by atoms with E-state index in [2.05, 4.69) is 29.4 Å². The number of imidazole rings is 1. The van der Waals surface area contributed by atoms with E-state index in [9.17, 15) is 9.59 Å². The van der Waals surface area contributed by atoms with E-state index in [0.717, 1.165) is 30.0 Å². The van der Waals surface area contributed by atoms with Crippen molar-refractivity contribution in [2.24, 2.45) is 11.8 Å². The highest BCUT2D eigenvalue weighted by Gasteiger charge is 2.33. The van der Waals surface area contributed by atoms with E-state index < -0.39 is 0 Å². The molecule has 1 aromatic heterocycles. The van der Waals surface area contributed by atoms with E-state index in [1.54, 1.807) is 6.33 Å². The molecule has 1 N–H and O–H groups in total. The minimum atomic E-state index is -0.0503. The van der Waals surface area contributed by atoms with Gasteiger partial charge in [0.1, 0.15) is 6.10 Å². The molecular weight excluding hydrogens is 416 g/mol. The Morgan fingerprint density at radius 3 is 2.48 bits per heavy atom. The average molecular weight is 451 g/mol. The number of ether oxygens (including phenoxy) is 1. The van der Waals surface area contributed by atoms with Crippen LogP contribution in [0.5, 0.6) is 0 Å². The van der Waals surface area contributed by atoms with Gasteiger partial charge in [0.15, 0.2) is 5.69 Å². The summed E-state index contributed by atoms with van der Waals surface area (Å²) in [5.74, 6) is 0.891. The summed E-state index contributed by atoms with van der Waals surface area (Å²) in [6.45, 7) is 4.51. The van der Waals surface area contributed by atoms with Crippen LogP contribution in [-0.2, 0) is 22.7 Å². The van der Waals surface area contributed by atoms with E-state index in [-0.39, 0.29) is 23.8 Å². The summed E-state index contributed by atoms with van der Waals surface area (Å²) < 4.78 is 8.11. The first kappa shape index (κ1) is 22.1. The summed E-state index contributed by atoms with van der Waals surface area (Å²) in [7, 11) is 0. The van der Waals surface area contributed by atoms with Gasteiger partial charge in [-0.2, -0.15) is 0 Å². The second-order valence-corrected chi connectivity index (χ2v) is 9.93. The molecule has 2 fully saturated rings. The molecule has 2 amide bonds. The second kappa shape index (κ2) is 9.67. The Balaban J connectivity index is 1.15. The standard InChI is InChI=1S/C26H34N4O3/c1-18-7-9-21(10-8-18)28-25(31)20-11-13-29(14-12-20)26(32)24-22-16-33-23(15-30(22)17-27-24)19-5-3-2-4-6-19/h2-6,17-18,20-21,23H,7-16H2,1H3,(H,28,31)/t18?,21?,23-/m1/s1. The van der Waals surface area contributed by atoms with Crippen LogP contribution in [0.1, 0.15) is 73.3 Å². The van der Waals surface area contributed by atoms with E-state index in [4.69, 9.17) is 4.74 Å². The van der Waals surface area contributed by atoms with Crippen LogP contribution in [0.2, 0.25) is 0 Å². The maximum absolute atomic E-state index is 13.2. The van der Waals surface area contributed by atoms with Gasteiger partial charge in [-0.3, -0.25) is 9.59 Å². The number of hydrogen-bond acceptors (Lipinski definition) is 4. The maximum Gasteiger partial charge on any atom is 0.274 e. The number of likely N-dealkylation sites (tertiary alicyclic amines) is 1. The third-order valence-corrected chi connectivity index (χ3v) is 7.62. The number of carbonyl (C=O) groups excluding carboxylic acids is 2. The Bertz CT molecular complexity index is 973. The molecule has 7 nitrogen and oxygen atoms in total. The van der Waals surface area contributed by atoms with E-state index >= 15 is 0 Å². The molecule has 33 heavy (non-hydrogen) atoms. The van der Waals surface area contributed by atoms with Gasteiger partial charge < -0.3 is 19.5 Å². The van der Waals surface area contributed by atoms with Crippen molar-refractivity contribution in [3.63, 3.8) is 0 Å². The quantitative estimate of drug-likeness (QED) is 0.771. The molecule has 1 saturated carbocycles. The summed E-state index contributed by atoms with van der Waals surface area (Å²) in [5, 5.41) is 3.26. The van der Waals surface area contributed by atoms with Crippen LogP contribution < -0.4 is 5.32 Å². The molecule has 5 rings (SSSR count). The molecule has 2 aromatic rings. The Morgan fingerprint density at radius 1 is 1.03 bits per heavy atom. The number of amides is 2. The molecule has 1 atom stereocenters. The molecule has 7 heteroatoms. The normalized spacial score (nSPS) is 26.0. The minimum absolute atomic E-state index is 0.000671. The van der Waals surface area contributed by atoms with Gasteiger partial charge in [0.05, 0.1) is 25.2 Å². The van der Waals surface area contributed by atoms with Crippen molar-refractivity contribution in [3.05, 3.63) is 53.6 Å². The summed E-state index contributed by atoms with van der Waals surface area (Å²) in [4.78, 5) is 32.2. The molecule has 0 radical (unpaired) electrons. The zero-order valence-electron chi connectivity index (χ0n) is 19.4. The fraction of sp³-hybridized carbons (Fsp3) is 0.577. The summed E-state index contributed by atoms with van der Waals surface area (Å²) in [6.07, 6.45) is 7.72. The van der Waals surface area contributed by atoms with Crippen molar-refractivity contribution in [2.45, 2.75) is 70.7 Å². The van der Waals surface area contributed by atoms with Crippen LogP contribution in [0, 0.1) is 11.8 Å². The monoisotopic (exact) mass is 450 g/mol. The van der Waals surface area contributed by atoms with Crippen LogP contribution in [0.15, 0.2) is 36.7 Å². The number of rotatable bonds is 4. The number of fused-ring (bicyclic) bond motifs is 1. The van der Waals surface area contributed by atoms with Gasteiger partial charge in [-0.25, -0.2) is 4.98 Å². The first-order valence-corrected chi connectivity index (χ1v) is 12.4. The van der Waals surface area contributed by atoms with Crippen molar-refractivity contribution in [1.82, 2.24) is 19.8 Å². The summed E-state index contributed by atoms with van der Waals surface area (Å²) in [5.41, 5.74) is 2.46. The lowest BCUT2D eigenvalue weighted by Gasteiger charge is -2.33. The van der Waals surface area contributed by atoms with Crippen molar-refractivity contribution in [1.29, 1.82) is 0 Å². The SMILES string of the molecule is CC1CCC(NC(=O)C2CCN(C(=O)c3ncn4c3CO[C@@H](c3ccccc3)C4)CC2)CC1. The Labute approximate surface area is 195 Å². The number of benzene rings is 1. The zero-order valence-corrected chi connectivity index (χ0v) is 19.4. The summed E-state index contributed by atoms with van der Waals surface area (Å²) >= 11 is 0. The van der Waals surface area contributed by atoms with Crippen molar-refractivity contribution >= 4 is 11.8 Å². The van der Waals surface area contributed by atoms with Crippen LogP contribution >= 0.6 is 0 Å². The van der Waals surface area contributed by atoms with Crippen LogP contribution in [-0.4, -0.2) is 45.4 Å². The minimum Gasteiger partial charge on any atom is -0.365 e. The molecule has 0 unspecified atom stereocenters. The van der Waals surface area contributed by atoms with Gasteiger partial charge in [-0.05, 0) is 50.0 Å². The van der Waals surface area contributed by atoms with Gasteiger partial charge in [-0.15, -0.1) is 0 Å². The van der Waals surface area contributed by atoms with Gasteiger partial charge in [0.25, 0.3) is 5.91 Å². The first-order valence-electron chi connectivity index (χ1n) is 12.4. The van der Waals surface area contributed by atoms with Gasteiger partial charge in [0.2, 0.25) is 5.91 Å². The smallest absolute Gasteiger partial charge is 0.274 e. The van der Waals surface area contributed by atoms with Gasteiger partial charge in [0, 0.05) is 25.0 Å². The predicted molar refractivity (Wildman–Crippen MR) is 124 cm³/mol. The molecule has 3 aliphatic rings. The fourth-order valence-electron chi connectivity index (χ4n) is 5.39. The van der Waals surface area contributed by atoms with Crippen LogP contribution in [0.4, 0.5) is 0 Å². The number of aromatic nitrogens is 2. The number of piperidine rings is 1. The molecule has 1 aromatic carbocycles. The number of nitrogens with one attached hydrogen (secondary N) is 1. The van der Waals surface area contributed by atoms with Crippen molar-refractivity contribution < 1.29 is 14.3 Å². The maximum atomic E-state index is 13.2. The number of carbonyl (C=O) groups is 2. The zero-order chi connectivity index (χ0) is 22.8. The third-order valence-electron chi connectivity index (χ3n) is 7.62. The molecule has 1 aliphatic carbocycles. The first-order chi connectivity index (χ1) is 16.1. The van der Waals surface area contributed by atoms with Crippen LogP contribution in [0.3, 0.4) is 0 Å². The largest absolute Gasteiger partial charge is 0.365 e. The van der Waals surface area contributed by atoms with Crippen LogP contribution in [0.25, 0.3) is 0 Å². The fourth-order valence-corrected chi connectivity index (χ4v) is 5.39. The molecule has 0 bridgehead atoms. The topological polar surface area (TPSA) is 76.5 Å². The molecule has 1 saturated heterocycles. The van der Waals surface area contributed by atoms with Gasteiger partial charge >= 0.3 is 0 Å². The molecule has 3 heterocycles. The Kier molecular flexibility index (Phi) is 6.49. The Hall–Kier alpha value is -2.67. The van der Waals surface area contributed by atoms with E-state index in [1.807, 2.05) is 27.7 Å². The Morgan fingerprint density at radius 2 is 1.76 bits per heavy atom. The lowest BCUT2D eigenvalue weighted by Crippen LogP contribution is -2.46. The highest BCUT2D eigenvalue weighted by atomic mass is 16.5. The molecule has 0 spiro atoms. The number of nitrogens with zero attached hydrogens (tertiary/aromatic N) is 3. The highest BCUT2D eigenvalue weighted by molar-refractivity contribution is 5.93. The lowest BCUT2D eigenvalue weighted by atomic mass is 9.86. The molecule has 176 valence electrons. The third kappa shape index (κ3) is 4.83. The average Bonchev–Trinajstić information content (AvgIpc) is 3.29. The van der Waals surface area contributed by atoms with E-state index in [0.29, 0.717) is 50.8 Å². The highest BCUT2D eigenvalue weighted by Crippen LogP contribution is 2.29. The second-order valence-electron chi connectivity index (χ2n) is 9.93. The van der Waals surface area contributed by atoms with Crippen molar-refractivity contribution in [3.8, 4) is 0 Å². The predicted octanol–water partition coefficient (Wildman–Crippen LogP) is 3.70.